The molecule has 0 aliphatic heterocycles. The summed E-state index contributed by atoms with van der Waals surface area (Å²) < 4.78 is 0. The molecule has 2 amide bonds. The molecular weight excluding hydrogens is 342 g/mol. The van der Waals surface area contributed by atoms with E-state index in [1.54, 1.807) is 12.4 Å². The summed E-state index contributed by atoms with van der Waals surface area (Å²) in [6.07, 6.45) is 3.40. The van der Waals surface area contributed by atoms with Crippen molar-refractivity contribution in [1.29, 1.82) is 0 Å². The number of urea groups is 1. The zero-order valence-electron chi connectivity index (χ0n) is 14.9. The fourth-order valence-electron chi connectivity index (χ4n) is 2.34. The Hall–Kier alpha value is -3.68. The van der Waals surface area contributed by atoms with Gasteiger partial charge in [0.1, 0.15) is 5.82 Å². The number of nitrogens with one attached hydrogen (secondary N) is 4. The van der Waals surface area contributed by atoms with Gasteiger partial charge in [0, 0.05) is 36.9 Å². The van der Waals surface area contributed by atoms with Crippen LogP contribution in [0.5, 0.6) is 0 Å². The van der Waals surface area contributed by atoms with Gasteiger partial charge < -0.3 is 21.3 Å². The monoisotopic (exact) mass is 363 g/mol. The lowest BCUT2D eigenvalue weighted by atomic mass is 10.2. The fraction of sp³-hybridized carbons (Fsp3) is 0.158. The van der Waals surface area contributed by atoms with Gasteiger partial charge in [0.15, 0.2) is 5.82 Å². The van der Waals surface area contributed by atoms with E-state index in [0.717, 1.165) is 16.9 Å². The summed E-state index contributed by atoms with van der Waals surface area (Å²) in [7, 11) is 0. The van der Waals surface area contributed by atoms with Crippen LogP contribution in [0.25, 0.3) is 0 Å². The lowest BCUT2D eigenvalue weighted by Gasteiger charge is -2.09. The summed E-state index contributed by atoms with van der Waals surface area (Å²) >= 11 is 0. The van der Waals surface area contributed by atoms with Crippen LogP contribution >= 0.6 is 0 Å². The van der Waals surface area contributed by atoms with Crippen LogP contribution in [0.4, 0.5) is 27.8 Å². The molecule has 2 aromatic heterocycles. The van der Waals surface area contributed by atoms with Crippen molar-refractivity contribution in [2.45, 2.75) is 6.92 Å². The smallest absolute Gasteiger partial charge is 0.319 e. The lowest BCUT2D eigenvalue weighted by Crippen LogP contribution is -2.32. The summed E-state index contributed by atoms with van der Waals surface area (Å²) in [5.74, 6) is 1.28. The van der Waals surface area contributed by atoms with Gasteiger partial charge in [-0.15, -0.1) is 10.2 Å². The minimum absolute atomic E-state index is 0.245. The Labute approximate surface area is 157 Å². The second-order valence-electron chi connectivity index (χ2n) is 5.84. The van der Waals surface area contributed by atoms with E-state index in [2.05, 4.69) is 36.4 Å². The molecule has 1 aromatic carbocycles. The first-order valence-electron chi connectivity index (χ1n) is 8.55. The topological polar surface area (TPSA) is 104 Å². The number of nitrogens with zero attached hydrogens (tertiary/aromatic N) is 3. The van der Waals surface area contributed by atoms with E-state index in [4.69, 9.17) is 0 Å². The van der Waals surface area contributed by atoms with E-state index in [1.807, 2.05) is 55.5 Å². The van der Waals surface area contributed by atoms with Crippen molar-refractivity contribution < 1.29 is 4.79 Å². The largest absolute Gasteiger partial charge is 0.367 e. The number of amides is 2. The summed E-state index contributed by atoms with van der Waals surface area (Å²) in [4.78, 5) is 15.8. The highest BCUT2D eigenvalue weighted by molar-refractivity contribution is 5.89. The number of rotatable bonds is 7. The summed E-state index contributed by atoms with van der Waals surface area (Å²) in [5, 5.41) is 20.0. The molecular formula is C19H21N7O. The number of benzene rings is 1. The van der Waals surface area contributed by atoms with Gasteiger partial charge in [-0.3, -0.25) is 4.98 Å². The van der Waals surface area contributed by atoms with Crippen molar-refractivity contribution in [1.82, 2.24) is 20.5 Å². The second kappa shape index (κ2) is 9.14. The predicted molar refractivity (Wildman–Crippen MR) is 106 cm³/mol. The van der Waals surface area contributed by atoms with Crippen LogP contribution in [0.1, 0.15) is 5.56 Å². The first-order chi connectivity index (χ1) is 13.2. The van der Waals surface area contributed by atoms with E-state index >= 15 is 0 Å². The van der Waals surface area contributed by atoms with Crippen molar-refractivity contribution in [3.05, 3.63) is 66.5 Å². The zero-order chi connectivity index (χ0) is 18.9. The van der Waals surface area contributed by atoms with Gasteiger partial charge in [-0.05, 0) is 48.9 Å². The molecule has 27 heavy (non-hydrogen) atoms. The first-order valence-corrected chi connectivity index (χ1v) is 8.55. The Balaban J connectivity index is 1.38. The quantitative estimate of drug-likeness (QED) is 0.481. The average Bonchev–Trinajstić information content (AvgIpc) is 2.67. The van der Waals surface area contributed by atoms with E-state index < -0.39 is 0 Å². The molecule has 0 atom stereocenters. The Morgan fingerprint density at radius 3 is 2.44 bits per heavy atom. The van der Waals surface area contributed by atoms with Crippen LogP contribution in [0.3, 0.4) is 0 Å². The SMILES string of the molecule is Cc1cccc(NC(=O)NCCNc2ccc(Nc3ccncc3)nn2)c1. The minimum Gasteiger partial charge on any atom is -0.367 e. The third kappa shape index (κ3) is 5.96. The molecule has 4 N–H and O–H groups in total. The third-order valence-corrected chi connectivity index (χ3v) is 3.61. The number of hydrogen-bond donors (Lipinski definition) is 4. The van der Waals surface area contributed by atoms with Crippen LogP contribution in [0.2, 0.25) is 0 Å². The van der Waals surface area contributed by atoms with Gasteiger partial charge in [0.05, 0.1) is 0 Å². The van der Waals surface area contributed by atoms with Gasteiger partial charge in [-0.1, -0.05) is 12.1 Å². The maximum absolute atomic E-state index is 11.9. The van der Waals surface area contributed by atoms with E-state index in [-0.39, 0.29) is 6.03 Å². The Morgan fingerprint density at radius 1 is 0.926 bits per heavy atom. The predicted octanol–water partition coefficient (Wildman–Crippen LogP) is 3.16. The number of carbonyl (C=O) groups is 1. The average molecular weight is 363 g/mol. The standard InChI is InChI=1S/C19H21N7O/c1-14-3-2-4-16(13-14)24-19(27)22-12-11-21-17-5-6-18(26-25-17)23-15-7-9-20-10-8-15/h2-10,13H,11-12H2,1H3,(H,21,25)(H,20,23,26)(H2,22,24,27). The Bertz CT molecular complexity index is 869. The lowest BCUT2D eigenvalue weighted by molar-refractivity contribution is 0.252. The number of pyridine rings is 1. The molecule has 0 aliphatic carbocycles. The first kappa shape index (κ1) is 18.1. The number of hydrogen-bond acceptors (Lipinski definition) is 6. The second-order valence-corrected chi connectivity index (χ2v) is 5.84. The van der Waals surface area contributed by atoms with Crippen molar-refractivity contribution in [3.63, 3.8) is 0 Å². The highest BCUT2D eigenvalue weighted by Crippen LogP contribution is 2.13. The van der Waals surface area contributed by atoms with Crippen LogP contribution in [0.15, 0.2) is 60.9 Å². The van der Waals surface area contributed by atoms with Gasteiger partial charge in [0.2, 0.25) is 0 Å². The highest BCUT2D eigenvalue weighted by Gasteiger charge is 2.02. The van der Waals surface area contributed by atoms with E-state index in [1.165, 1.54) is 0 Å². The molecule has 0 saturated heterocycles. The molecule has 138 valence electrons. The number of aryl methyl sites for hydroxylation is 1. The minimum atomic E-state index is -0.245. The molecule has 8 nitrogen and oxygen atoms in total. The molecule has 0 aliphatic rings. The Morgan fingerprint density at radius 2 is 1.70 bits per heavy atom. The normalized spacial score (nSPS) is 10.1. The fourth-order valence-corrected chi connectivity index (χ4v) is 2.34. The zero-order valence-corrected chi connectivity index (χ0v) is 14.9. The molecule has 0 radical (unpaired) electrons. The third-order valence-electron chi connectivity index (χ3n) is 3.61. The molecule has 0 spiro atoms. The number of carbonyl (C=O) groups excluding carboxylic acids is 1. The maximum Gasteiger partial charge on any atom is 0.319 e. The number of anilines is 4. The van der Waals surface area contributed by atoms with Crippen LogP contribution in [-0.2, 0) is 0 Å². The van der Waals surface area contributed by atoms with Crippen molar-refractivity contribution >= 4 is 29.0 Å². The van der Waals surface area contributed by atoms with Crippen LogP contribution < -0.4 is 21.3 Å². The van der Waals surface area contributed by atoms with Crippen LogP contribution in [0, 0.1) is 6.92 Å². The van der Waals surface area contributed by atoms with Gasteiger partial charge in [-0.25, -0.2) is 4.79 Å². The van der Waals surface area contributed by atoms with E-state index in [0.29, 0.717) is 24.7 Å². The maximum atomic E-state index is 11.9. The van der Waals surface area contributed by atoms with Crippen molar-refractivity contribution in [2.75, 3.05) is 29.0 Å². The van der Waals surface area contributed by atoms with Crippen molar-refractivity contribution in [3.8, 4) is 0 Å². The summed E-state index contributed by atoms with van der Waals surface area (Å²) in [6.45, 7) is 2.97. The highest BCUT2D eigenvalue weighted by atomic mass is 16.2. The van der Waals surface area contributed by atoms with Gasteiger partial charge >= 0.3 is 6.03 Å². The van der Waals surface area contributed by atoms with Crippen LogP contribution in [-0.4, -0.2) is 34.3 Å². The Kier molecular flexibility index (Phi) is 6.13. The molecule has 0 saturated carbocycles. The molecule has 0 unspecified atom stereocenters. The van der Waals surface area contributed by atoms with Gasteiger partial charge in [-0.2, -0.15) is 0 Å². The summed E-state index contributed by atoms with van der Waals surface area (Å²) in [6, 6.07) is 14.7. The van der Waals surface area contributed by atoms with Crippen molar-refractivity contribution in [2.24, 2.45) is 0 Å². The number of aromatic nitrogens is 3. The molecule has 3 rings (SSSR count). The summed E-state index contributed by atoms with van der Waals surface area (Å²) in [5.41, 5.74) is 2.75. The molecule has 8 heteroatoms. The van der Waals surface area contributed by atoms with Gasteiger partial charge in [0.25, 0.3) is 0 Å². The molecule has 0 fully saturated rings. The van der Waals surface area contributed by atoms with E-state index in [9.17, 15) is 4.79 Å². The molecule has 2 heterocycles. The molecule has 0 bridgehead atoms. The molecule has 3 aromatic rings.